The number of aryl methyl sites for hydroxylation is 3. The fraction of sp³-hybridized carbons (Fsp3) is 0.600. The van der Waals surface area contributed by atoms with Gasteiger partial charge in [0.05, 0.1) is 6.61 Å². The molecular weight excluding hydrogens is 335 g/mol. The zero-order valence-corrected chi connectivity index (χ0v) is 16.9. The Kier molecular flexibility index (Phi) is 8.44. The van der Waals surface area contributed by atoms with Crippen LogP contribution in [0.5, 0.6) is 0 Å². The minimum absolute atomic E-state index is 0.0919. The largest absolute Gasteiger partial charge is 0.465 e. The molecule has 0 aliphatic carbocycles. The summed E-state index contributed by atoms with van der Waals surface area (Å²) in [7, 11) is -0.344. The number of rotatable bonds is 10. The van der Waals surface area contributed by atoms with Crippen molar-refractivity contribution in [1.29, 1.82) is 0 Å². The third-order valence-electron chi connectivity index (χ3n) is 4.34. The number of hydrogen-bond acceptors (Lipinski definition) is 4. The van der Waals surface area contributed by atoms with Gasteiger partial charge in [-0.25, -0.2) is 0 Å². The van der Waals surface area contributed by atoms with E-state index in [4.69, 9.17) is 4.74 Å². The van der Waals surface area contributed by atoms with Crippen LogP contribution in [-0.4, -0.2) is 23.5 Å². The normalized spacial score (nSPS) is 13.5. The Bertz CT molecular complexity index is 616. The van der Waals surface area contributed by atoms with Gasteiger partial charge >= 0.3 is 5.97 Å². The first-order valence-corrected chi connectivity index (χ1v) is 9.75. The van der Waals surface area contributed by atoms with Crippen molar-refractivity contribution >= 4 is 20.2 Å². The average Bonchev–Trinajstić information content (AvgIpc) is 2.55. The summed E-state index contributed by atoms with van der Waals surface area (Å²) in [4.78, 5) is 25.5. The lowest BCUT2D eigenvalue weighted by Gasteiger charge is -2.25. The Morgan fingerprint density at radius 3 is 2.16 bits per heavy atom. The van der Waals surface area contributed by atoms with Crippen LogP contribution in [0.25, 0.3) is 0 Å². The standard InChI is InChI=1S/C20H29O4P/c1-6-8-9-20(25-23,19(22)24-10-7-2)13-17(21)18-15(4)11-14(3)12-16(18)5/h11-12H,6-10,13H2,1-5H3. The quantitative estimate of drug-likeness (QED) is 0.319. The number of benzene rings is 1. The monoisotopic (exact) mass is 364 g/mol. The number of ether oxygens (including phenoxy) is 1. The maximum Gasteiger partial charge on any atom is 0.324 e. The van der Waals surface area contributed by atoms with Crippen LogP contribution in [0.4, 0.5) is 0 Å². The molecule has 5 heteroatoms. The van der Waals surface area contributed by atoms with Gasteiger partial charge in [0.2, 0.25) is 0 Å². The summed E-state index contributed by atoms with van der Waals surface area (Å²) in [5, 5.41) is -1.29. The molecular formula is C20H29O4P. The molecule has 25 heavy (non-hydrogen) atoms. The third kappa shape index (κ3) is 5.47. The molecule has 0 saturated heterocycles. The third-order valence-corrected chi connectivity index (χ3v) is 5.26. The number of carbonyl (C=O) groups excluding carboxylic acids is 2. The van der Waals surface area contributed by atoms with Crippen molar-refractivity contribution in [3.8, 4) is 0 Å². The fourth-order valence-corrected chi connectivity index (χ4v) is 3.75. The molecule has 0 saturated carbocycles. The number of hydrogen-bond donors (Lipinski definition) is 0. The number of Topliss-reactive ketones (excluding diaryl/α,β-unsaturated/α-hetero) is 1. The van der Waals surface area contributed by atoms with Gasteiger partial charge in [0.25, 0.3) is 0 Å². The Morgan fingerprint density at radius 1 is 1.08 bits per heavy atom. The van der Waals surface area contributed by atoms with E-state index in [1.54, 1.807) is 0 Å². The molecule has 1 unspecified atom stereocenters. The van der Waals surface area contributed by atoms with Crippen LogP contribution < -0.4 is 0 Å². The van der Waals surface area contributed by atoms with Crippen LogP contribution in [0.2, 0.25) is 0 Å². The first-order chi connectivity index (χ1) is 11.8. The van der Waals surface area contributed by atoms with Crippen LogP contribution in [-0.2, 0) is 14.1 Å². The van der Waals surface area contributed by atoms with E-state index in [0.717, 1.165) is 29.5 Å². The zero-order valence-electron chi connectivity index (χ0n) is 16.0. The van der Waals surface area contributed by atoms with Crippen LogP contribution >= 0.6 is 8.46 Å². The van der Waals surface area contributed by atoms with Gasteiger partial charge in [-0.2, -0.15) is 0 Å². The Morgan fingerprint density at radius 2 is 1.68 bits per heavy atom. The molecule has 4 nitrogen and oxygen atoms in total. The lowest BCUT2D eigenvalue weighted by Crippen LogP contribution is -2.37. The van der Waals surface area contributed by atoms with Crippen molar-refractivity contribution in [3.05, 3.63) is 34.4 Å². The van der Waals surface area contributed by atoms with Crippen LogP contribution in [0.1, 0.15) is 73.0 Å². The molecule has 0 spiro atoms. The summed E-state index contributed by atoms with van der Waals surface area (Å²) in [6.45, 7) is 9.95. The molecule has 0 bridgehead atoms. The smallest absolute Gasteiger partial charge is 0.324 e. The van der Waals surface area contributed by atoms with Crippen molar-refractivity contribution in [2.24, 2.45) is 0 Å². The molecule has 0 amide bonds. The predicted molar refractivity (Wildman–Crippen MR) is 101 cm³/mol. The molecule has 0 aliphatic heterocycles. The first kappa shape index (κ1) is 21.5. The summed E-state index contributed by atoms with van der Waals surface area (Å²) in [6.07, 6.45) is 2.55. The Balaban J connectivity index is 3.18. The Labute approximate surface area is 152 Å². The Hall–Kier alpha value is -1.54. The van der Waals surface area contributed by atoms with Gasteiger partial charge in [-0.1, -0.05) is 44.4 Å². The highest BCUT2D eigenvalue weighted by atomic mass is 31.1. The highest BCUT2D eigenvalue weighted by Gasteiger charge is 2.43. The first-order valence-electron chi connectivity index (χ1n) is 8.94. The highest BCUT2D eigenvalue weighted by molar-refractivity contribution is 7.28. The van der Waals surface area contributed by atoms with Crippen molar-refractivity contribution in [1.82, 2.24) is 0 Å². The highest BCUT2D eigenvalue weighted by Crippen LogP contribution is 2.36. The fourth-order valence-electron chi connectivity index (χ4n) is 3.15. The van der Waals surface area contributed by atoms with E-state index in [-0.39, 0.29) is 27.3 Å². The van der Waals surface area contributed by atoms with Crippen LogP contribution in [0.15, 0.2) is 12.1 Å². The van der Waals surface area contributed by atoms with E-state index in [9.17, 15) is 14.2 Å². The number of ketones is 1. The van der Waals surface area contributed by atoms with Gasteiger partial charge in [-0.3, -0.25) is 14.2 Å². The van der Waals surface area contributed by atoms with Gasteiger partial charge in [0, 0.05) is 12.0 Å². The molecule has 0 N–H and O–H groups in total. The van der Waals surface area contributed by atoms with Crippen LogP contribution in [0, 0.1) is 20.8 Å². The number of esters is 1. The summed E-state index contributed by atoms with van der Waals surface area (Å²) < 4.78 is 17.2. The molecule has 0 radical (unpaired) electrons. The minimum atomic E-state index is -1.29. The van der Waals surface area contributed by atoms with E-state index in [0.29, 0.717) is 18.4 Å². The zero-order chi connectivity index (χ0) is 19.0. The predicted octanol–water partition coefficient (Wildman–Crippen LogP) is 5.36. The SMILES string of the molecule is CCCCC(CC(=O)c1c(C)cc(C)cc1C)(P=O)C(=O)OCCC. The van der Waals surface area contributed by atoms with E-state index in [1.165, 1.54) is 0 Å². The molecule has 1 atom stereocenters. The second-order valence-electron chi connectivity index (χ2n) is 6.74. The van der Waals surface area contributed by atoms with Crippen LogP contribution in [0.3, 0.4) is 0 Å². The van der Waals surface area contributed by atoms with Gasteiger partial charge in [0.15, 0.2) is 19.4 Å². The molecule has 138 valence electrons. The molecule has 1 aromatic rings. The van der Waals surface area contributed by atoms with Gasteiger partial charge in [-0.05, 0) is 44.7 Å². The van der Waals surface area contributed by atoms with Crippen molar-refractivity contribution in [2.45, 2.75) is 71.9 Å². The second kappa shape index (κ2) is 9.82. The number of unbranched alkanes of at least 4 members (excludes halogenated alkanes) is 1. The molecule has 0 heterocycles. The van der Waals surface area contributed by atoms with Gasteiger partial charge in [0.1, 0.15) is 0 Å². The average molecular weight is 364 g/mol. The lowest BCUT2D eigenvalue weighted by molar-refractivity contribution is -0.147. The second-order valence-corrected chi connectivity index (χ2v) is 7.77. The minimum Gasteiger partial charge on any atom is -0.465 e. The molecule has 0 aliphatic rings. The van der Waals surface area contributed by atoms with Gasteiger partial charge in [-0.15, -0.1) is 0 Å². The van der Waals surface area contributed by atoms with E-state index in [1.807, 2.05) is 46.8 Å². The molecule has 1 aromatic carbocycles. The molecule has 0 fully saturated rings. The van der Waals surface area contributed by atoms with Crippen molar-refractivity contribution in [2.75, 3.05) is 6.61 Å². The summed E-state index contributed by atoms with van der Waals surface area (Å²) in [5.41, 5.74) is 3.49. The number of carbonyl (C=O) groups is 2. The van der Waals surface area contributed by atoms with Gasteiger partial charge < -0.3 is 4.74 Å². The van der Waals surface area contributed by atoms with Crippen molar-refractivity contribution in [3.63, 3.8) is 0 Å². The van der Waals surface area contributed by atoms with E-state index < -0.39 is 11.1 Å². The maximum atomic E-state index is 13.0. The maximum absolute atomic E-state index is 13.0. The van der Waals surface area contributed by atoms with E-state index >= 15 is 0 Å². The summed E-state index contributed by atoms with van der Waals surface area (Å²) in [5.74, 6) is -0.682. The van der Waals surface area contributed by atoms with Crippen molar-refractivity contribution < 1.29 is 18.9 Å². The summed E-state index contributed by atoms with van der Waals surface area (Å²) in [6, 6.07) is 3.91. The topological polar surface area (TPSA) is 60.4 Å². The lowest BCUT2D eigenvalue weighted by atomic mass is 9.88. The molecule has 0 aromatic heterocycles. The summed E-state index contributed by atoms with van der Waals surface area (Å²) >= 11 is 0. The van der Waals surface area contributed by atoms with E-state index in [2.05, 4.69) is 0 Å². The molecule has 1 rings (SSSR count).